The lowest BCUT2D eigenvalue weighted by Gasteiger charge is -2.26. The van der Waals surface area contributed by atoms with E-state index in [9.17, 15) is 0 Å². The molecular formula is C25H27N5O2. The second kappa shape index (κ2) is 9.38. The van der Waals surface area contributed by atoms with Crippen molar-refractivity contribution >= 4 is 16.9 Å². The highest BCUT2D eigenvalue weighted by Gasteiger charge is 2.12. The number of nitrogens with one attached hydrogen (secondary N) is 2. The van der Waals surface area contributed by atoms with Crippen LogP contribution in [-0.2, 0) is 17.8 Å². The van der Waals surface area contributed by atoms with Crippen LogP contribution in [0.3, 0.4) is 0 Å². The Morgan fingerprint density at radius 1 is 1.03 bits per heavy atom. The van der Waals surface area contributed by atoms with Gasteiger partial charge < -0.3 is 19.8 Å². The van der Waals surface area contributed by atoms with Crippen molar-refractivity contribution in [3.63, 3.8) is 0 Å². The van der Waals surface area contributed by atoms with Crippen molar-refractivity contribution in [3.05, 3.63) is 72.1 Å². The molecule has 0 bridgehead atoms. The summed E-state index contributed by atoms with van der Waals surface area (Å²) in [5, 5.41) is 4.41. The quantitative estimate of drug-likeness (QED) is 0.461. The number of hydrogen-bond donors (Lipinski definition) is 2. The van der Waals surface area contributed by atoms with E-state index in [0.29, 0.717) is 6.54 Å². The summed E-state index contributed by atoms with van der Waals surface area (Å²) >= 11 is 0. The van der Waals surface area contributed by atoms with E-state index in [1.54, 1.807) is 13.4 Å². The van der Waals surface area contributed by atoms with Crippen LogP contribution in [0.2, 0.25) is 0 Å². The second-order valence-corrected chi connectivity index (χ2v) is 7.96. The van der Waals surface area contributed by atoms with Crippen molar-refractivity contribution in [2.45, 2.75) is 13.1 Å². The molecule has 3 heterocycles. The van der Waals surface area contributed by atoms with Crippen molar-refractivity contribution in [1.82, 2.24) is 19.9 Å². The topological polar surface area (TPSA) is 75.3 Å². The summed E-state index contributed by atoms with van der Waals surface area (Å²) in [6.07, 6.45) is 1.59. The first kappa shape index (κ1) is 20.5. The molecule has 0 radical (unpaired) electrons. The number of morpholine rings is 1. The molecule has 0 spiro atoms. The van der Waals surface area contributed by atoms with Crippen molar-refractivity contribution in [1.29, 1.82) is 0 Å². The van der Waals surface area contributed by atoms with E-state index >= 15 is 0 Å². The summed E-state index contributed by atoms with van der Waals surface area (Å²) in [5.74, 6) is 1.65. The summed E-state index contributed by atoms with van der Waals surface area (Å²) in [6.45, 7) is 5.24. The van der Waals surface area contributed by atoms with Crippen LogP contribution < -0.4 is 10.1 Å². The maximum atomic E-state index is 5.44. The molecule has 32 heavy (non-hydrogen) atoms. The molecule has 1 aliphatic heterocycles. The monoisotopic (exact) mass is 429 g/mol. The zero-order chi connectivity index (χ0) is 21.8. The van der Waals surface area contributed by atoms with Crippen LogP contribution in [-0.4, -0.2) is 53.3 Å². The SMILES string of the molecule is COc1cccc(CNc2ncnc3[nH]c(-c4ccc(CN5CCOCC5)cc4)cc23)c1. The molecule has 0 amide bonds. The molecule has 0 atom stereocenters. The first-order chi connectivity index (χ1) is 15.8. The number of nitrogens with zero attached hydrogens (tertiary/aromatic N) is 3. The predicted octanol–water partition coefficient (Wildman–Crippen LogP) is 4.08. The minimum absolute atomic E-state index is 0.653. The van der Waals surface area contributed by atoms with Crippen LogP contribution in [0, 0.1) is 0 Å². The molecule has 4 aromatic rings. The fourth-order valence-electron chi connectivity index (χ4n) is 4.01. The molecule has 0 unspecified atom stereocenters. The standard InChI is InChI=1S/C25H27N5O2/c1-31-21-4-2-3-19(13-21)15-26-24-22-14-23(29-25(22)28-17-27-24)20-7-5-18(6-8-20)16-30-9-11-32-12-10-30/h2-8,13-14,17H,9-12,15-16H2,1H3,(H2,26,27,28,29). The number of ether oxygens (including phenoxy) is 2. The van der Waals surface area contributed by atoms with Gasteiger partial charge in [0.15, 0.2) is 0 Å². The molecular weight excluding hydrogens is 402 g/mol. The second-order valence-electron chi connectivity index (χ2n) is 7.96. The van der Waals surface area contributed by atoms with Gasteiger partial charge in [0, 0.05) is 31.9 Å². The molecule has 1 fully saturated rings. The third-order valence-corrected chi connectivity index (χ3v) is 5.79. The number of fused-ring (bicyclic) bond motifs is 1. The predicted molar refractivity (Wildman–Crippen MR) is 126 cm³/mol. The van der Waals surface area contributed by atoms with Gasteiger partial charge in [-0.1, -0.05) is 36.4 Å². The van der Waals surface area contributed by atoms with Crippen LogP contribution in [0.4, 0.5) is 5.82 Å². The zero-order valence-corrected chi connectivity index (χ0v) is 18.2. The Balaban J connectivity index is 1.32. The lowest BCUT2D eigenvalue weighted by Crippen LogP contribution is -2.35. The molecule has 1 saturated heterocycles. The van der Waals surface area contributed by atoms with Crippen molar-refractivity contribution < 1.29 is 9.47 Å². The summed E-state index contributed by atoms with van der Waals surface area (Å²) in [7, 11) is 1.68. The van der Waals surface area contributed by atoms with Crippen LogP contribution in [0.25, 0.3) is 22.3 Å². The van der Waals surface area contributed by atoms with Crippen LogP contribution in [0.15, 0.2) is 60.9 Å². The van der Waals surface area contributed by atoms with Gasteiger partial charge in [-0.25, -0.2) is 9.97 Å². The fraction of sp³-hybridized carbons (Fsp3) is 0.280. The van der Waals surface area contributed by atoms with Crippen LogP contribution >= 0.6 is 0 Å². The first-order valence-electron chi connectivity index (χ1n) is 10.9. The third kappa shape index (κ3) is 4.59. The number of aromatic amines is 1. The summed E-state index contributed by atoms with van der Waals surface area (Å²) < 4.78 is 10.8. The Morgan fingerprint density at radius 2 is 1.88 bits per heavy atom. The van der Waals surface area contributed by atoms with Gasteiger partial charge in [0.05, 0.1) is 25.7 Å². The highest BCUT2D eigenvalue weighted by atomic mass is 16.5. The molecule has 2 N–H and O–H groups in total. The van der Waals surface area contributed by atoms with E-state index < -0.39 is 0 Å². The molecule has 7 heteroatoms. The Kier molecular flexibility index (Phi) is 6.00. The largest absolute Gasteiger partial charge is 0.497 e. The van der Waals surface area contributed by atoms with Gasteiger partial charge in [0.2, 0.25) is 0 Å². The summed E-state index contributed by atoms with van der Waals surface area (Å²) in [6, 6.07) is 18.9. The molecule has 1 aliphatic rings. The van der Waals surface area contributed by atoms with E-state index in [1.165, 1.54) is 5.56 Å². The Hall–Kier alpha value is -3.42. The number of benzene rings is 2. The molecule has 2 aromatic heterocycles. The van der Waals surface area contributed by atoms with Gasteiger partial charge in [-0.2, -0.15) is 0 Å². The van der Waals surface area contributed by atoms with Crippen LogP contribution in [0.5, 0.6) is 5.75 Å². The van der Waals surface area contributed by atoms with E-state index in [0.717, 1.165) is 72.3 Å². The molecule has 2 aromatic carbocycles. The number of H-pyrrole nitrogens is 1. The van der Waals surface area contributed by atoms with E-state index in [-0.39, 0.29) is 0 Å². The minimum Gasteiger partial charge on any atom is -0.497 e. The van der Waals surface area contributed by atoms with Crippen molar-refractivity contribution in [2.24, 2.45) is 0 Å². The van der Waals surface area contributed by atoms with Crippen molar-refractivity contribution in [2.75, 3.05) is 38.7 Å². The summed E-state index contributed by atoms with van der Waals surface area (Å²) in [4.78, 5) is 14.7. The lowest BCUT2D eigenvalue weighted by atomic mass is 10.1. The smallest absolute Gasteiger partial charge is 0.143 e. The highest BCUT2D eigenvalue weighted by Crippen LogP contribution is 2.27. The minimum atomic E-state index is 0.653. The average Bonchev–Trinajstić information content (AvgIpc) is 3.29. The zero-order valence-electron chi connectivity index (χ0n) is 18.2. The van der Waals surface area contributed by atoms with Gasteiger partial charge in [-0.3, -0.25) is 4.90 Å². The van der Waals surface area contributed by atoms with E-state index in [1.807, 2.05) is 18.2 Å². The molecule has 0 aliphatic carbocycles. The Morgan fingerprint density at radius 3 is 2.69 bits per heavy atom. The highest BCUT2D eigenvalue weighted by molar-refractivity contribution is 5.91. The number of hydrogen-bond acceptors (Lipinski definition) is 6. The average molecular weight is 430 g/mol. The van der Waals surface area contributed by atoms with Gasteiger partial charge in [-0.05, 0) is 34.9 Å². The molecule has 0 saturated carbocycles. The third-order valence-electron chi connectivity index (χ3n) is 5.79. The number of aromatic nitrogens is 3. The Labute approximate surface area is 187 Å². The van der Waals surface area contributed by atoms with Crippen LogP contribution in [0.1, 0.15) is 11.1 Å². The normalized spacial score (nSPS) is 14.5. The summed E-state index contributed by atoms with van der Waals surface area (Å²) in [5.41, 5.74) is 5.42. The molecule has 164 valence electrons. The maximum absolute atomic E-state index is 5.44. The Bertz CT molecular complexity index is 1180. The molecule has 5 rings (SSSR count). The molecule has 7 nitrogen and oxygen atoms in total. The van der Waals surface area contributed by atoms with Gasteiger partial charge >= 0.3 is 0 Å². The fourth-order valence-corrected chi connectivity index (χ4v) is 4.01. The van der Waals surface area contributed by atoms with E-state index in [2.05, 4.69) is 61.6 Å². The maximum Gasteiger partial charge on any atom is 0.143 e. The number of anilines is 1. The lowest BCUT2D eigenvalue weighted by molar-refractivity contribution is 0.0342. The van der Waals surface area contributed by atoms with Gasteiger partial charge in [0.1, 0.15) is 23.5 Å². The number of methoxy groups -OCH3 is 1. The first-order valence-corrected chi connectivity index (χ1v) is 10.9. The van der Waals surface area contributed by atoms with Crippen molar-refractivity contribution in [3.8, 4) is 17.0 Å². The van der Waals surface area contributed by atoms with E-state index in [4.69, 9.17) is 9.47 Å². The van der Waals surface area contributed by atoms with Gasteiger partial charge in [-0.15, -0.1) is 0 Å². The number of rotatable bonds is 7. The van der Waals surface area contributed by atoms with Gasteiger partial charge in [0.25, 0.3) is 0 Å².